The van der Waals surface area contributed by atoms with Crippen molar-refractivity contribution in [1.29, 1.82) is 0 Å². The van der Waals surface area contributed by atoms with Gasteiger partial charge in [-0.15, -0.1) is 11.6 Å². The summed E-state index contributed by atoms with van der Waals surface area (Å²) in [4.78, 5) is 11.2. The number of rotatable bonds is 6. The van der Waals surface area contributed by atoms with Crippen molar-refractivity contribution in [3.05, 3.63) is 12.2 Å². The van der Waals surface area contributed by atoms with Crippen molar-refractivity contribution < 1.29 is 4.79 Å². The first-order valence-electron chi connectivity index (χ1n) is 4.43. The number of hydrogen-bond acceptors (Lipinski definition) is 1. The molecule has 1 nitrogen and oxygen atoms in total. The van der Waals surface area contributed by atoms with Gasteiger partial charge in [0.1, 0.15) is 0 Å². The zero-order chi connectivity index (χ0) is 9.56. The van der Waals surface area contributed by atoms with Gasteiger partial charge in [-0.3, -0.25) is 4.79 Å². The van der Waals surface area contributed by atoms with E-state index in [9.17, 15) is 4.79 Å². The van der Waals surface area contributed by atoms with Crippen LogP contribution in [0.4, 0.5) is 0 Å². The molecule has 0 aromatic rings. The van der Waals surface area contributed by atoms with Crippen LogP contribution in [0.5, 0.6) is 0 Å². The summed E-state index contributed by atoms with van der Waals surface area (Å²) in [5.41, 5.74) is 0.562. The minimum absolute atomic E-state index is 0.00669. The Kier molecular flexibility index (Phi) is 6.09. The van der Waals surface area contributed by atoms with Crippen LogP contribution >= 0.6 is 11.6 Å². The Bertz CT molecular complexity index is 163. The van der Waals surface area contributed by atoms with E-state index in [1.807, 2.05) is 0 Å². The second-order valence-electron chi connectivity index (χ2n) is 3.11. The highest BCUT2D eigenvalue weighted by Gasteiger charge is 2.14. The molecule has 0 radical (unpaired) electrons. The molecule has 0 aromatic carbocycles. The molecule has 0 aliphatic heterocycles. The maximum Gasteiger partial charge on any atom is 0.175 e. The lowest BCUT2D eigenvalue weighted by molar-refractivity contribution is -0.115. The van der Waals surface area contributed by atoms with Crippen molar-refractivity contribution in [2.24, 2.45) is 0 Å². The van der Waals surface area contributed by atoms with Gasteiger partial charge in [0.05, 0.1) is 5.38 Å². The van der Waals surface area contributed by atoms with Gasteiger partial charge in [0, 0.05) is 0 Å². The Morgan fingerprint density at radius 3 is 2.50 bits per heavy atom. The smallest absolute Gasteiger partial charge is 0.175 e. The molecule has 2 heteroatoms. The average molecular weight is 189 g/mol. The van der Waals surface area contributed by atoms with Crippen molar-refractivity contribution in [3.8, 4) is 0 Å². The summed E-state index contributed by atoms with van der Waals surface area (Å²) in [6.45, 7) is 7.41. The van der Waals surface area contributed by atoms with Gasteiger partial charge < -0.3 is 0 Å². The zero-order valence-electron chi connectivity index (χ0n) is 7.90. The Labute approximate surface area is 79.8 Å². The molecule has 0 aliphatic rings. The Hall–Kier alpha value is -0.300. The number of halogens is 1. The van der Waals surface area contributed by atoms with E-state index < -0.39 is 0 Å². The quantitative estimate of drug-likeness (QED) is 0.355. The topological polar surface area (TPSA) is 17.1 Å². The van der Waals surface area contributed by atoms with Crippen LogP contribution in [0.15, 0.2) is 12.2 Å². The summed E-state index contributed by atoms with van der Waals surface area (Å²) in [5, 5.41) is -0.353. The molecule has 1 unspecified atom stereocenters. The molecule has 0 amide bonds. The summed E-state index contributed by atoms with van der Waals surface area (Å²) in [6.07, 6.45) is 4.11. The molecule has 0 fully saturated rings. The van der Waals surface area contributed by atoms with E-state index in [0.29, 0.717) is 5.57 Å². The number of carbonyl (C=O) groups excluding carboxylic acids is 1. The number of Topliss-reactive ketones (excluding diaryl/α,β-unsaturated/α-hetero) is 1. The average Bonchev–Trinajstić information content (AvgIpc) is 2.03. The van der Waals surface area contributed by atoms with Crippen LogP contribution in [-0.2, 0) is 4.79 Å². The van der Waals surface area contributed by atoms with Crippen molar-refractivity contribution in [2.75, 3.05) is 0 Å². The fraction of sp³-hybridized carbons (Fsp3) is 0.700. The number of unbranched alkanes of at least 4 members (excludes halogenated alkanes) is 2. The van der Waals surface area contributed by atoms with Gasteiger partial charge >= 0.3 is 0 Å². The number of carbonyl (C=O) groups is 1. The minimum atomic E-state index is -0.353. The number of hydrogen-bond donors (Lipinski definition) is 0. The van der Waals surface area contributed by atoms with Crippen LogP contribution in [0.2, 0.25) is 0 Å². The van der Waals surface area contributed by atoms with Gasteiger partial charge in [-0.05, 0) is 18.9 Å². The third kappa shape index (κ3) is 4.55. The molecule has 0 heterocycles. The largest absolute Gasteiger partial charge is 0.293 e. The first-order valence-corrected chi connectivity index (χ1v) is 4.87. The van der Waals surface area contributed by atoms with Crippen LogP contribution in [0.3, 0.4) is 0 Å². The summed E-state index contributed by atoms with van der Waals surface area (Å²) < 4.78 is 0. The van der Waals surface area contributed by atoms with Crippen LogP contribution in [0, 0.1) is 0 Å². The lowest BCUT2D eigenvalue weighted by Crippen LogP contribution is -2.14. The third-order valence-corrected chi connectivity index (χ3v) is 2.18. The highest BCUT2D eigenvalue weighted by molar-refractivity contribution is 6.33. The van der Waals surface area contributed by atoms with E-state index in [-0.39, 0.29) is 11.2 Å². The Balaban J connectivity index is 3.64. The molecular weight excluding hydrogens is 172 g/mol. The van der Waals surface area contributed by atoms with Crippen molar-refractivity contribution >= 4 is 17.4 Å². The first kappa shape index (κ1) is 11.7. The molecule has 0 bridgehead atoms. The third-order valence-electron chi connectivity index (χ3n) is 1.77. The normalized spacial score (nSPS) is 12.6. The van der Waals surface area contributed by atoms with E-state index >= 15 is 0 Å². The molecule has 0 N–H and O–H groups in total. The van der Waals surface area contributed by atoms with Gasteiger partial charge in [-0.1, -0.05) is 32.8 Å². The summed E-state index contributed by atoms with van der Waals surface area (Å²) in [5.74, 6) is -0.00669. The summed E-state index contributed by atoms with van der Waals surface area (Å²) in [6, 6.07) is 0. The first-order chi connectivity index (χ1) is 5.59. The summed E-state index contributed by atoms with van der Waals surface area (Å²) >= 11 is 5.85. The van der Waals surface area contributed by atoms with Crippen LogP contribution in [0.25, 0.3) is 0 Å². The van der Waals surface area contributed by atoms with E-state index in [1.54, 1.807) is 6.92 Å². The molecule has 0 spiro atoms. The molecule has 0 aromatic heterocycles. The number of allylic oxidation sites excluding steroid dienone is 1. The van der Waals surface area contributed by atoms with Crippen LogP contribution < -0.4 is 0 Å². The van der Waals surface area contributed by atoms with Crippen molar-refractivity contribution in [3.63, 3.8) is 0 Å². The van der Waals surface area contributed by atoms with Gasteiger partial charge in [-0.2, -0.15) is 0 Å². The zero-order valence-corrected chi connectivity index (χ0v) is 8.66. The molecule has 1 atom stereocenters. The SMILES string of the molecule is C=C(C)C(=O)C(Cl)CCCCC. The standard InChI is InChI=1S/C10H17ClO/c1-4-5-6-7-9(11)10(12)8(2)3/h9H,2,4-7H2,1,3H3. The molecule has 0 saturated carbocycles. The lowest BCUT2D eigenvalue weighted by Gasteiger charge is -2.06. The fourth-order valence-electron chi connectivity index (χ4n) is 0.972. The van der Waals surface area contributed by atoms with Gasteiger partial charge in [0.15, 0.2) is 5.78 Å². The highest BCUT2D eigenvalue weighted by atomic mass is 35.5. The molecule has 0 aliphatic carbocycles. The van der Waals surface area contributed by atoms with E-state index in [2.05, 4.69) is 13.5 Å². The maximum atomic E-state index is 11.2. The second-order valence-corrected chi connectivity index (χ2v) is 3.63. The van der Waals surface area contributed by atoms with Crippen LogP contribution in [0.1, 0.15) is 39.5 Å². The monoisotopic (exact) mass is 188 g/mol. The predicted octanol–water partition coefficient (Wildman–Crippen LogP) is 3.32. The van der Waals surface area contributed by atoms with Crippen LogP contribution in [-0.4, -0.2) is 11.2 Å². The van der Waals surface area contributed by atoms with Gasteiger partial charge in [0.25, 0.3) is 0 Å². The fourth-order valence-corrected chi connectivity index (χ4v) is 1.31. The van der Waals surface area contributed by atoms with Gasteiger partial charge in [-0.25, -0.2) is 0 Å². The second kappa shape index (κ2) is 6.24. The Morgan fingerprint density at radius 1 is 1.50 bits per heavy atom. The Morgan fingerprint density at radius 2 is 2.08 bits per heavy atom. The predicted molar refractivity (Wildman–Crippen MR) is 53.6 cm³/mol. The van der Waals surface area contributed by atoms with E-state index in [4.69, 9.17) is 11.6 Å². The molecule has 0 rings (SSSR count). The van der Waals surface area contributed by atoms with Crippen molar-refractivity contribution in [2.45, 2.75) is 44.9 Å². The number of ketones is 1. The number of alkyl halides is 1. The molecule has 12 heavy (non-hydrogen) atoms. The molecule has 70 valence electrons. The minimum Gasteiger partial charge on any atom is -0.293 e. The maximum absolute atomic E-state index is 11.2. The van der Waals surface area contributed by atoms with Crippen molar-refractivity contribution in [1.82, 2.24) is 0 Å². The van der Waals surface area contributed by atoms with E-state index in [1.165, 1.54) is 0 Å². The highest BCUT2D eigenvalue weighted by Crippen LogP contribution is 2.12. The summed E-state index contributed by atoms with van der Waals surface area (Å²) in [7, 11) is 0. The molecule has 0 saturated heterocycles. The van der Waals surface area contributed by atoms with E-state index in [0.717, 1.165) is 25.7 Å². The lowest BCUT2D eigenvalue weighted by atomic mass is 10.1. The molecular formula is C10H17ClO. The van der Waals surface area contributed by atoms with Gasteiger partial charge in [0.2, 0.25) is 0 Å².